The minimum Gasteiger partial charge on any atom is -0.380 e. The Morgan fingerprint density at radius 2 is 1.81 bits per heavy atom. The molecule has 0 saturated carbocycles. The van der Waals surface area contributed by atoms with Crippen LogP contribution >= 0.6 is 11.6 Å². The number of pyridine rings is 1. The molecule has 2 aromatic rings. The second kappa shape index (κ2) is 10.5. The number of benzene rings is 1. The van der Waals surface area contributed by atoms with Gasteiger partial charge in [-0.1, -0.05) is 17.7 Å². The predicted molar refractivity (Wildman–Crippen MR) is 132 cm³/mol. The van der Waals surface area contributed by atoms with Gasteiger partial charge in [0, 0.05) is 58.2 Å². The summed E-state index contributed by atoms with van der Waals surface area (Å²) in [7, 11) is 3.32. The lowest BCUT2D eigenvalue weighted by atomic mass is 9.92. The molecule has 3 heterocycles. The molecule has 1 aromatic heterocycles. The van der Waals surface area contributed by atoms with Crippen molar-refractivity contribution in [1.82, 2.24) is 19.7 Å². The molecule has 0 spiro atoms. The molecule has 1 aromatic carbocycles. The lowest BCUT2D eigenvalue weighted by Crippen LogP contribution is -2.62. The van der Waals surface area contributed by atoms with Crippen LogP contribution in [-0.4, -0.2) is 95.1 Å². The van der Waals surface area contributed by atoms with Crippen molar-refractivity contribution in [3.8, 4) is 0 Å². The van der Waals surface area contributed by atoms with Crippen LogP contribution in [0.2, 0.25) is 5.02 Å². The summed E-state index contributed by atoms with van der Waals surface area (Å²) in [5, 5.41) is 14.3. The maximum absolute atomic E-state index is 13.8. The van der Waals surface area contributed by atoms with E-state index in [9.17, 15) is 27.9 Å². The standard InChI is InChI=1S/C25H29ClF3N5O3/c1-32(2)22(35)19-7-6-16(13-20(19)26)31-17-14-34(15-17)18-8-11-33(12-9-18)23(36)24(37,25(27,28)29)21-5-3-4-10-30-21/h3-7,10,13,17-18,31,37H,8-9,11-12,14-15H2,1-2H3. The lowest BCUT2D eigenvalue weighted by Gasteiger charge is -2.48. The summed E-state index contributed by atoms with van der Waals surface area (Å²) in [6, 6.07) is 9.22. The molecule has 2 N–H and O–H groups in total. The monoisotopic (exact) mass is 539 g/mol. The van der Waals surface area contributed by atoms with Crippen LogP contribution < -0.4 is 5.32 Å². The van der Waals surface area contributed by atoms with Crippen LogP contribution in [0.5, 0.6) is 0 Å². The van der Waals surface area contributed by atoms with Gasteiger partial charge in [0.05, 0.1) is 22.3 Å². The van der Waals surface area contributed by atoms with Gasteiger partial charge >= 0.3 is 6.18 Å². The Morgan fingerprint density at radius 3 is 2.35 bits per heavy atom. The van der Waals surface area contributed by atoms with E-state index < -0.39 is 23.4 Å². The molecule has 12 heteroatoms. The Balaban J connectivity index is 1.30. The Labute approximate surface area is 218 Å². The maximum atomic E-state index is 13.8. The minimum atomic E-state index is -5.20. The van der Waals surface area contributed by atoms with Crippen LogP contribution in [0.4, 0.5) is 18.9 Å². The molecule has 2 amide bonds. The smallest absolute Gasteiger partial charge is 0.380 e. The van der Waals surface area contributed by atoms with E-state index in [2.05, 4.69) is 15.2 Å². The van der Waals surface area contributed by atoms with Crippen molar-refractivity contribution < 1.29 is 27.9 Å². The van der Waals surface area contributed by atoms with Gasteiger partial charge in [-0.25, -0.2) is 0 Å². The topological polar surface area (TPSA) is 89.0 Å². The molecule has 200 valence electrons. The number of rotatable bonds is 6. The van der Waals surface area contributed by atoms with Crippen molar-refractivity contribution in [2.24, 2.45) is 0 Å². The average molecular weight is 540 g/mol. The van der Waals surface area contributed by atoms with Crippen molar-refractivity contribution in [3.63, 3.8) is 0 Å². The molecule has 0 aliphatic carbocycles. The van der Waals surface area contributed by atoms with Gasteiger partial charge in [0.15, 0.2) is 0 Å². The molecular weight excluding hydrogens is 511 g/mol. The first-order chi connectivity index (χ1) is 17.4. The Hall–Kier alpha value is -2.89. The van der Waals surface area contributed by atoms with Crippen LogP contribution in [0, 0.1) is 0 Å². The van der Waals surface area contributed by atoms with E-state index in [-0.39, 0.29) is 31.1 Å². The molecule has 2 aliphatic heterocycles. The van der Waals surface area contributed by atoms with Crippen molar-refractivity contribution in [1.29, 1.82) is 0 Å². The average Bonchev–Trinajstić information content (AvgIpc) is 2.84. The highest BCUT2D eigenvalue weighted by Gasteiger charge is 2.63. The third-order valence-electron chi connectivity index (χ3n) is 6.91. The van der Waals surface area contributed by atoms with E-state index in [4.69, 9.17) is 11.6 Å². The molecule has 1 atom stereocenters. The molecule has 8 nitrogen and oxygen atoms in total. The summed E-state index contributed by atoms with van der Waals surface area (Å²) >= 11 is 6.28. The number of carbonyl (C=O) groups excluding carboxylic acids is 2. The molecular formula is C25H29ClF3N5O3. The number of hydrogen-bond donors (Lipinski definition) is 2. The number of anilines is 1. The number of alkyl halides is 3. The molecule has 4 rings (SSSR count). The molecule has 2 aliphatic rings. The summed E-state index contributed by atoms with van der Waals surface area (Å²) in [6.45, 7) is 1.69. The number of amides is 2. The number of nitrogens with one attached hydrogen (secondary N) is 1. The van der Waals surface area contributed by atoms with Crippen LogP contribution in [0.1, 0.15) is 28.9 Å². The van der Waals surface area contributed by atoms with E-state index >= 15 is 0 Å². The van der Waals surface area contributed by atoms with Gasteiger partial charge in [-0.2, -0.15) is 13.2 Å². The molecule has 0 bridgehead atoms. The van der Waals surface area contributed by atoms with Crippen molar-refractivity contribution >= 4 is 29.1 Å². The van der Waals surface area contributed by atoms with Crippen LogP contribution in [0.3, 0.4) is 0 Å². The number of piperidine rings is 1. The highest BCUT2D eigenvalue weighted by Crippen LogP contribution is 2.40. The fraction of sp³-hybridized carbons (Fsp3) is 0.480. The highest BCUT2D eigenvalue weighted by atomic mass is 35.5. The van der Waals surface area contributed by atoms with Crippen LogP contribution in [0.25, 0.3) is 0 Å². The minimum absolute atomic E-state index is 0.111. The van der Waals surface area contributed by atoms with Gasteiger partial charge in [0.25, 0.3) is 17.4 Å². The molecule has 37 heavy (non-hydrogen) atoms. The van der Waals surface area contributed by atoms with Crippen molar-refractivity contribution in [2.75, 3.05) is 45.6 Å². The number of aromatic nitrogens is 1. The summed E-state index contributed by atoms with van der Waals surface area (Å²) in [4.78, 5) is 33.4. The lowest BCUT2D eigenvalue weighted by molar-refractivity contribution is -0.263. The second-order valence-electron chi connectivity index (χ2n) is 9.64. The Morgan fingerprint density at radius 1 is 1.14 bits per heavy atom. The van der Waals surface area contributed by atoms with Gasteiger partial charge in [-0.3, -0.25) is 19.5 Å². The number of halogens is 4. The fourth-order valence-electron chi connectivity index (χ4n) is 4.77. The molecule has 2 saturated heterocycles. The molecule has 1 unspecified atom stereocenters. The number of aliphatic hydroxyl groups is 1. The predicted octanol–water partition coefficient (Wildman–Crippen LogP) is 2.97. The number of likely N-dealkylation sites (tertiary alicyclic amines) is 2. The van der Waals surface area contributed by atoms with Gasteiger partial charge in [0.1, 0.15) is 0 Å². The highest BCUT2D eigenvalue weighted by molar-refractivity contribution is 6.34. The number of carbonyl (C=O) groups is 2. The molecule has 0 radical (unpaired) electrons. The zero-order chi connectivity index (χ0) is 27.0. The SMILES string of the molecule is CN(C)C(=O)c1ccc(NC2CN(C3CCN(C(=O)C(O)(c4ccccn4)C(F)(F)F)CC3)C2)cc1Cl. The first-order valence-corrected chi connectivity index (χ1v) is 12.3. The van der Waals surface area contributed by atoms with Gasteiger partial charge < -0.3 is 20.2 Å². The van der Waals surface area contributed by atoms with Crippen molar-refractivity contribution in [3.05, 3.63) is 58.9 Å². The van der Waals surface area contributed by atoms with E-state index in [1.807, 2.05) is 0 Å². The Bertz CT molecular complexity index is 1140. The normalized spacial score (nSPS) is 19.2. The third kappa shape index (κ3) is 5.39. The maximum Gasteiger partial charge on any atom is 0.432 e. The largest absolute Gasteiger partial charge is 0.432 e. The Kier molecular flexibility index (Phi) is 7.68. The van der Waals surface area contributed by atoms with Crippen LogP contribution in [-0.2, 0) is 10.4 Å². The van der Waals surface area contributed by atoms with Gasteiger partial charge in [-0.15, -0.1) is 0 Å². The summed E-state index contributed by atoms with van der Waals surface area (Å²) < 4.78 is 41.5. The van der Waals surface area contributed by atoms with E-state index in [0.717, 1.165) is 35.9 Å². The third-order valence-corrected chi connectivity index (χ3v) is 7.22. The summed E-state index contributed by atoms with van der Waals surface area (Å²) in [5.41, 5.74) is -3.19. The number of hydrogen-bond acceptors (Lipinski definition) is 6. The number of nitrogens with zero attached hydrogens (tertiary/aromatic N) is 4. The van der Waals surface area contributed by atoms with Gasteiger partial charge in [0.2, 0.25) is 0 Å². The quantitative estimate of drug-likeness (QED) is 0.587. The van der Waals surface area contributed by atoms with Crippen LogP contribution in [0.15, 0.2) is 42.6 Å². The van der Waals surface area contributed by atoms with E-state index in [1.165, 1.54) is 17.0 Å². The summed E-state index contributed by atoms with van der Waals surface area (Å²) in [5.74, 6) is -1.57. The zero-order valence-corrected chi connectivity index (χ0v) is 21.3. The van der Waals surface area contributed by atoms with Gasteiger partial charge in [-0.05, 0) is 43.2 Å². The van der Waals surface area contributed by atoms with E-state index in [0.29, 0.717) is 23.4 Å². The zero-order valence-electron chi connectivity index (χ0n) is 20.5. The van der Waals surface area contributed by atoms with Crippen molar-refractivity contribution in [2.45, 2.75) is 36.7 Å². The molecule has 2 fully saturated rings. The summed E-state index contributed by atoms with van der Waals surface area (Å²) in [6.07, 6.45) is -3.08. The van der Waals surface area contributed by atoms with E-state index in [1.54, 1.807) is 32.3 Å². The first kappa shape index (κ1) is 27.2. The fourth-order valence-corrected chi connectivity index (χ4v) is 5.03. The second-order valence-corrected chi connectivity index (χ2v) is 10.0. The first-order valence-electron chi connectivity index (χ1n) is 11.9.